The Labute approximate surface area is 123 Å². The Bertz CT molecular complexity index is 642. The number of ether oxygens (including phenoxy) is 2. The maximum absolute atomic E-state index is 13.2. The van der Waals surface area contributed by atoms with Crippen molar-refractivity contribution in [2.45, 2.75) is 25.5 Å². The summed E-state index contributed by atoms with van der Waals surface area (Å²) in [6, 6.07) is 12.2. The second-order valence-electron chi connectivity index (χ2n) is 5.33. The fraction of sp³-hybridized carbons (Fsp3) is 0.294. The smallest absolute Gasteiger partial charge is 0.137 e. The van der Waals surface area contributed by atoms with Crippen LogP contribution in [0.4, 0.5) is 4.39 Å². The minimum absolute atomic E-state index is 0.0861. The molecule has 0 spiro atoms. The minimum Gasteiger partial charge on any atom is -0.489 e. The van der Waals surface area contributed by atoms with Crippen molar-refractivity contribution < 1.29 is 13.9 Å². The van der Waals surface area contributed by atoms with E-state index in [0.29, 0.717) is 13.0 Å². The van der Waals surface area contributed by atoms with Crippen LogP contribution in [-0.2, 0) is 6.42 Å². The number of halogens is 1. The van der Waals surface area contributed by atoms with Crippen molar-refractivity contribution in [1.29, 1.82) is 0 Å². The van der Waals surface area contributed by atoms with Gasteiger partial charge in [0.25, 0.3) is 0 Å². The van der Waals surface area contributed by atoms with Crippen LogP contribution in [0.25, 0.3) is 0 Å². The van der Waals surface area contributed by atoms with E-state index < -0.39 is 0 Å². The zero-order valence-electron chi connectivity index (χ0n) is 11.9. The maximum Gasteiger partial charge on any atom is 0.137 e. The first-order valence-electron chi connectivity index (χ1n) is 7.06. The molecule has 4 heteroatoms. The van der Waals surface area contributed by atoms with Crippen molar-refractivity contribution in [2.24, 2.45) is 5.73 Å². The highest BCUT2D eigenvalue weighted by atomic mass is 19.1. The monoisotopic (exact) mass is 287 g/mol. The molecule has 0 aromatic heterocycles. The summed E-state index contributed by atoms with van der Waals surface area (Å²) in [6.07, 6.45) is 0.566. The van der Waals surface area contributed by atoms with Crippen LogP contribution in [0, 0.1) is 5.82 Å². The summed E-state index contributed by atoms with van der Waals surface area (Å²) in [5.74, 6) is 1.28. The second-order valence-corrected chi connectivity index (χ2v) is 5.33. The maximum atomic E-state index is 13.2. The summed E-state index contributed by atoms with van der Waals surface area (Å²) < 4.78 is 24.8. The van der Waals surface area contributed by atoms with Crippen molar-refractivity contribution in [3.63, 3.8) is 0 Å². The molecule has 3 rings (SSSR count). The fourth-order valence-corrected chi connectivity index (χ4v) is 2.55. The van der Waals surface area contributed by atoms with Crippen LogP contribution in [0.15, 0.2) is 42.5 Å². The van der Waals surface area contributed by atoms with Crippen LogP contribution in [0.1, 0.15) is 24.1 Å². The lowest BCUT2D eigenvalue weighted by atomic mass is 10.1. The number of hydrogen-bond donors (Lipinski definition) is 1. The first kappa shape index (κ1) is 13.9. The molecule has 0 saturated carbocycles. The molecule has 2 N–H and O–H groups in total. The Morgan fingerprint density at radius 2 is 2.14 bits per heavy atom. The largest absolute Gasteiger partial charge is 0.489 e. The molecule has 0 fully saturated rings. The predicted molar refractivity (Wildman–Crippen MR) is 79.1 cm³/mol. The third-order valence-electron chi connectivity index (χ3n) is 3.60. The molecule has 0 bridgehead atoms. The molecule has 1 aliphatic heterocycles. The number of para-hydroxylation sites is 1. The molecule has 0 amide bonds. The van der Waals surface area contributed by atoms with Crippen LogP contribution in [0.2, 0.25) is 0 Å². The van der Waals surface area contributed by atoms with Gasteiger partial charge in [-0.2, -0.15) is 0 Å². The standard InChI is InChI=1S/C17H18FNO2/c1-11(19)15-4-2-3-5-17(15)20-10-14-9-12-8-13(18)6-7-16(12)21-14/h2-8,11,14H,9-10,19H2,1H3. The summed E-state index contributed by atoms with van der Waals surface area (Å²) in [4.78, 5) is 0. The molecule has 2 atom stereocenters. The Kier molecular flexibility index (Phi) is 3.80. The van der Waals surface area contributed by atoms with E-state index in [1.807, 2.05) is 31.2 Å². The first-order chi connectivity index (χ1) is 10.1. The van der Waals surface area contributed by atoms with Gasteiger partial charge in [-0.1, -0.05) is 18.2 Å². The van der Waals surface area contributed by atoms with Crippen LogP contribution >= 0.6 is 0 Å². The van der Waals surface area contributed by atoms with E-state index in [4.69, 9.17) is 15.2 Å². The van der Waals surface area contributed by atoms with Gasteiger partial charge in [0.05, 0.1) is 0 Å². The van der Waals surface area contributed by atoms with Gasteiger partial charge >= 0.3 is 0 Å². The van der Waals surface area contributed by atoms with E-state index in [9.17, 15) is 4.39 Å². The molecule has 2 aromatic rings. The molecular formula is C17H18FNO2. The summed E-state index contributed by atoms with van der Waals surface area (Å²) in [5.41, 5.74) is 7.79. The SMILES string of the molecule is CC(N)c1ccccc1OCC1Cc2cc(F)ccc2O1. The summed E-state index contributed by atoms with van der Waals surface area (Å²) >= 11 is 0. The van der Waals surface area contributed by atoms with Gasteiger partial charge in [0, 0.05) is 23.6 Å². The van der Waals surface area contributed by atoms with Crippen molar-refractivity contribution in [1.82, 2.24) is 0 Å². The first-order valence-corrected chi connectivity index (χ1v) is 7.06. The van der Waals surface area contributed by atoms with Gasteiger partial charge in [0.1, 0.15) is 30.0 Å². The molecule has 2 aromatic carbocycles. The van der Waals surface area contributed by atoms with Crippen molar-refractivity contribution in [3.8, 4) is 11.5 Å². The Hall–Kier alpha value is -2.07. The Morgan fingerprint density at radius 1 is 1.33 bits per heavy atom. The lowest BCUT2D eigenvalue weighted by Crippen LogP contribution is -2.23. The topological polar surface area (TPSA) is 44.5 Å². The highest BCUT2D eigenvalue weighted by molar-refractivity contribution is 5.38. The van der Waals surface area contributed by atoms with E-state index in [1.165, 1.54) is 12.1 Å². The van der Waals surface area contributed by atoms with E-state index in [-0.39, 0.29) is 18.0 Å². The van der Waals surface area contributed by atoms with Crippen LogP contribution in [0.3, 0.4) is 0 Å². The zero-order chi connectivity index (χ0) is 14.8. The quantitative estimate of drug-likeness (QED) is 0.939. The second kappa shape index (κ2) is 5.74. The molecule has 0 radical (unpaired) electrons. The number of rotatable bonds is 4. The highest BCUT2D eigenvalue weighted by Gasteiger charge is 2.24. The van der Waals surface area contributed by atoms with Gasteiger partial charge in [0.15, 0.2) is 0 Å². The Balaban J connectivity index is 1.65. The van der Waals surface area contributed by atoms with Gasteiger partial charge in [-0.3, -0.25) is 0 Å². The molecule has 21 heavy (non-hydrogen) atoms. The van der Waals surface area contributed by atoms with Gasteiger partial charge in [0.2, 0.25) is 0 Å². The molecule has 2 unspecified atom stereocenters. The normalized spacial score (nSPS) is 18.0. The highest BCUT2D eigenvalue weighted by Crippen LogP contribution is 2.30. The molecule has 110 valence electrons. The predicted octanol–water partition coefficient (Wildman–Crippen LogP) is 3.23. The molecule has 3 nitrogen and oxygen atoms in total. The zero-order valence-corrected chi connectivity index (χ0v) is 11.9. The minimum atomic E-state index is -0.235. The summed E-state index contributed by atoms with van der Waals surface area (Å²) in [6.45, 7) is 2.34. The lowest BCUT2D eigenvalue weighted by molar-refractivity contribution is 0.147. The number of nitrogens with two attached hydrogens (primary N) is 1. The van der Waals surface area contributed by atoms with Crippen molar-refractivity contribution >= 4 is 0 Å². The van der Waals surface area contributed by atoms with Gasteiger partial charge < -0.3 is 15.2 Å². The number of fused-ring (bicyclic) bond motifs is 1. The summed E-state index contributed by atoms with van der Waals surface area (Å²) in [5, 5.41) is 0. The average molecular weight is 287 g/mol. The van der Waals surface area contributed by atoms with E-state index >= 15 is 0 Å². The van der Waals surface area contributed by atoms with Crippen molar-refractivity contribution in [2.75, 3.05) is 6.61 Å². The van der Waals surface area contributed by atoms with E-state index in [1.54, 1.807) is 6.07 Å². The van der Waals surface area contributed by atoms with Crippen LogP contribution in [0.5, 0.6) is 11.5 Å². The molecule has 1 aliphatic rings. The average Bonchev–Trinajstić information content (AvgIpc) is 2.87. The van der Waals surface area contributed by atoms with Gasteiger partial charge in [-0.25, -0.2) is 4.39 Å². The summed E-state index contributed by atoms with van der Waals surface area (Å²) in [7, 11) is 0. The van der Waals surface area contributed by atoms with E-state index in [2.05, 4.69) is 0 Å². The number of benzene rings is 2. The third-order valence-corrected chi connectivity index (χ3v) is 3.60. The Morgan fingerprint density at radius 3 is 2.95 bits per heavy atom. The molecular weight excluding hydrogens is 269 g/mol. The third kappa shape index (κ3) is 3.00. The van der Waals surface area contributed by atoms with Crippen LogP contribution in [-0.4, -0.2) is 12.7 Å². The number of hydrogen-bond acceptors (Lipinski definition) is 3. The van der Waals surface area contributed by atoms with Crippen molar-refractivity contribution in [3.05, 3.63) is 59.4 Å². The molecule has 0 aliphatic carbocycles. The van der Waals surface area contributed by atoms with Crippen LogP contribution < -0.4 is 15.2 Å². The molecule has 0 saturated heterocycles. The lowest BCUT2D eigenvalue weighted by Gasteiger charge is -2.16. The molecule has 1 heterocycles. The van der Waals surface area contributed by atoms with Gasteiger partial charge in [-0.15, -0.1) is 0 Å². The fourth-order valence-electron chi connectivity index (χ4n) is 2.55. The van der Waals surface area contributed by atoms with E-state index in [0.717, 1.165) is 22.6 Å². The van der Waals surface area contributed by atoms with Gasteiger partial charge in [-0.05, 0) is 31.2 Å².